The molecule has 0 radical (unpaired) electrons. The molecule has 0 aliphatic carbocycles. The minimum atomic E-state index is -0.570. The van der Waals surface area contributed by atoms with Crippen molar-refractivity contribution >= 4 is 12.1 Å². The number of rotatable bonds is 11. The Bertz CT molecular complexity index is 366. The van der Waals surface area contributed by atoms with E-state index in [0.717, 1.165) is 0 Å². The number of allylic oxidation sites excluding steroid dienone is 1. The molecule has 0 saturated heterocycles. The van der Waals surface area contributed by atoms with Crippen molar-refractivity contribution in [2.75, 3.05) is 33.2 Å². The van der Waals surface area contributed by atoms with E-state index in [-0.39, 0.29) is 26.6 Å². The summed E-state index contributed by atoms with van der Waals surface area (Å²) < 4.78 is 19.8. The van der Waals surface area contributed by atoms with E-state index in [1.165, 1.54) is 0 Å². The molecule has 7 nitrogen and oxygen atoms in total. The van der Waals surface area contributed by atoms with Gasteiger partial charge in [-0.2, -0.15) is 0 Å². The summed E-state index contributed by atoms with van der Waals surface area (Å²) in [5.41, 5.74) is 0.313. The Labute approximate surface area is 124 Å². The summed E-state index contributed by atoms with van der Waals surface area (Å²) in [7, 11) is 0. The first-order valence-corrected chi connectivity index (χ1v) is 6.52. The third-order valence-corrected chi connectivity index (χ3v) is 2.01. The topological polar surface area (TPSA) is 83.1 Å². The Morgan fingerprint density at radius 3 is 2.33 bits per heavy atom. The average Bonchev–Trinajstić information content (AvgIpc) is 2.41. The molecule has 0 aliphatic rings. The second-order valence-electron chi connectivity index (χ2n) is 4.20. The third-order valence-electron chi connectivity index (χ3n) is 2.01. The van der Waals surface area contributed by atoms with E-state index in [1.807, 2.05) is 0 Å². The van der Waals surface area contributed by atoms with Gasteiger partial charge in [-0.05, 0) is 13.8 Å². The lowest BCUT2D eigenvalue weighted by Gasteiger charge is -2.08. The maximum Gasteiger partial charge on any atom is 0.407 e. The highest BCUT2D eigenvalue weighted by Crippen LogP contribution is 1.92. The van der Waals surface area contributed by atoms with Gasteiger partial charge in [0.1, 0.15) is 6.61 Å². The van der Waals surface area contributed by atoms with E-state index >= 15 is 0 Å². The maximum atomic E-state index is 11.2. The van der Waals surface area contributed by atoms with Crippen LogP contribution in [0.25, 0.3) is 0 Å². The minimum absolute atomic E-state index is 0.0716. The lowest BCUT2D eigenvalue weighted by molar-refractivity contribution is -0.138. The van der Waals surface area contributed by atoms with Gasteiger partial charge in [-0.1, -0.05) is 13.2 Å². The molecule has 0 unspecified atom stereocenters. The van der Waals surface area contributed by atoms with Crippen LogP contribution >= 0.6 is 0 Å². The van der Waals surface area contributed by atoms with Crippen LogP contribution in [0.5, 0.6) is 0 Å². The fraction of sp³-hybridized carbons (Fsp3) is 0.571. The van der Waals surface area contributed by atoms with Crippen LogP contribution in [-0.2, 0) is 23.7 Å². The molecule has 0 aliphatic heterocycles. The Balaban J connectivity index is 3.37. The lowest BCUT2D eigenvalue weighted by atomic mass is 10.4. The van der Waals surface area contributed by atoms with Gasteiger partial charge in [0.15, 0.2) is 6.79 Å². The first-order valence-electron chi connectivity index (χ1n) is 6.52. The highest BCUT2D eigenvalue weighted by atomic mass is 16.7. The molecular formula is C14H23NO6. The minimum Gasteiger partial charge on any atom is -0.473 e. The summed E-state index contributed by atoms with van der Waals surface area (Å²) >= 11 is 0. The predicted octanol–water partition coefficient (Wildman–Crippen LogP) is 1.75. The van der Waals surface area contributed by atoms with Crippen LogP contribution in [-0.4, -0.2) is 45.2 Å². The molecule has 1 amide bonds. The Morgan fingerprint density at radius 2 is 1.71 bits per heavy atom. The van der Waals surface area contributed by atoms with Crippen LogP contribution in [0.1, 0.15) is 20.3 Å². The van der Waals surface area contributed by atoms with E-state index in [1.54, 1.807) is 13.8 Å². The first kappa shape index (κ1) is 19.0. The SMILES string of the molecule is C=C(C)OCOCCCOC(=O)NCCOC(=O)C(=C)C. The molecule has 21 heavy (non-hydrogen) atoms. The van der Waals surface area contributed by atoms with Crippen LogP contribution < -0.4 is 5.32 Å². The number of esters is 1. The van der Waals surface area contributed by atoms with E-state index in [4.69, 9.17) is 18.9 Å². The van der Waals surface area contributed by atoms with Crippen molar-refractivity contribution in [2.24, 2.45) is 0 Å². The quantitative estimate of drug-likeness (QED) is 0.206. The molecule has 1 N–H and O–H groups in total. The molecule has 0 aromatic heterocycles. The second-order valence-corrected chi connectivity index (χ2v) is 4.20. The monoisotopic (exact) mass is 301 g/mol. The predicted molar refractivity (Wildman–Crippen MR) is 76.5 cm³/mol. The smallest absolute Gasteiger partial charge is 0.407 e. The number of nitrogens with one attached hydrogen (secondary N) is 1. The number of hydrogen-bond donors (Lipinski definition) is 1. The first-order chi connectivity index (χ1) is 9.93. The summed E-state index contributed by atoms with van der Waals surface area (Å²) in [6.07, 6.45) is -0.0167. The molecule has 0 bridgehead atoms. The lowest BCUT2D eigenvalue weighted by Crippen LogP contribution is -2.29. The van der Waals surface area contributed by atoms with Crippen molar-refractivity contribution in [3.63, 3.8) is 0 Å². The number of carbonyl (C=O) groups is 2. The molecule has 0 saturated carbocycles. The Morgan fingerprint density at radius 1 is 1.00 bits per heavy atom. The van der Waals surface area contributed by atoms with Gasteiger partial charge in [-0.15, -0.1) is 0 Å². The third kappa shape index (κ3) is 12.7. The van der Waals surface area contributed by atoms with Crippen LogP contribution in [0, 0.1) is 0 Å². The van der Waals surface area contributed by atoms with Gasteiger partial charge < -0.3 is 24.3 Å². The van der Waals surface area contributed by atoms with Gasteiger partial charge in [0.05, 0.1) is 25.5 Å². The molecule has 0 atom stereocenters. The normalized spacial score (nSPS) is 9.62. The fourth-order valence-corrected chi connectivity index (χ4v) is 0.998. The number of ether oxygens (including phenoxy) is 4. The standard InChI is InChI=1S/C14H23NO6/c1-11(2)13(16)19-9-6-15-14(17)20-8-5-7-18-10-21-12(3)4/h1,3,5-10H2,2,4H3,(H,15,17). The van der Waals surface area contributed by atoms with Gasteiger partial charge >= 0.3 is 12.1 Å². The van der Waals surface area contributed by atoms with Crippen molar-refractivity contribution in [1.82, 2.24) is 5.32 Å². The van der Waals surface area contributed by atoms with Crippen molar-refractivity contribution in [3.8, 4) is 0 Å². The van der Waals surface area contributed by atoms with Crippen molar-refractivity contribution in [2.45, 2.75) is 20.3 Å². The average molecular weight is 301 g/mol. The molecule has 0 spiro atoms. The largest absolute Gasteiger partial charge is 0.473 e. The summed E-state index contributed by atoms with van der Waals surface area (Å²) in [6, 6.07) is 0. The van der Waals surface area contributed by atoms with Crippen molar-refractivity contribution in [1.29, 1.82) is 0 Å². The molecule has 0 heterocycles. The fourth-order valence-electron chi connectivity index (χ4n) is 0.998. The summed E-state index contributed by atoms with van der Waals surface area (Å²) in [5.74, 6) is 0.0947. The molecule has 0 fully saturated rings. The summed E-state index contributed by atoms with van der Waals surface area (Å²) in [6.45, 7) is 11.3. The second kappa shape index (κ2) is 11.8. The molecule has 0 aromatic carbocycles. The van der Waals surface area contributed by atoms with Crippen LogP contribution in [0.15, 0.2) is 24.5 Å². The number of hydrogen-bond acceptors (Lipinski definition) is 6. The van der Waals surface area contributed by atoms with E-state index in [0.29, 0.717) is 24.4 Å². The molecule has 0 aromatic rings. The van der Waals surface area contributed by atoms with E-state index in [2.05, 4.69) is 18.5 Å². The molecular weight excluding hydrogens is 278 g/mol. The summed E-state index contributed by atoms with van der Waals surface area (Å²) in [4.78, 5) is 22.3. The van der Waals surface area contributed by atoms with Crippen LogP contribution in [0.3, 0.4) is 0 Å². The zero-order chi connectivity index (χ0) is 16.1. The van der Waals surface area contributed by atoms with Gasteiger partial charge in [0.2, 0.25) is 0 Å². The highest BCUT2D eigenvalue weighted by molar-refractivity contribution is 5.86. The van der Waals surface area contributed by atoms with Gasteiger partial charge in [0.25, 0.3) is 0 Å². The van der Waals surface area contributed by atoms with Crippen LogP contribution in [0.4, 0.5) is 4.79 Å². The zero-order valence-electron chi connectivity index (χ0n) is 12.6. The van der Waals surface area contributed by atoms with Crippen molar-refractivity contribution < 1.29 is 28.5 Å². The van der Waals surface area contributed by atoms with E-state index < -0.39 is 12.1 Å². The van der Waals surface area contributed by atoms with E-state index in [9.17, 15) is 9.59 Å². The Hall–Kier alpha value is -2.02. The highest BCUT2D eigenvalue weighted by Gasteiger charge is 2.04. The zero-order valence-corrected chi connectivity index (χ0v) is 12.6. The number of carbonyl (C=O) groups excluding carboxylic acids is 2. The van der Waals surface area contributed by atoms with Gasteiger partial charge in [-0.3, -0.25) is 0 Å². The van der Waals surface area contributed by atoms with Crippen LogP contribution in [0.2, 0.25) is 0 Å². The van der Waals surface area contributed by atoms with Gasteiger partial charge in [0, 0.05) is 12.0 Å². The maximum absolute atomic E-state index is 11.2. The number of alkyl carbamates (subject to hydrolysis) is 1. The molecule has 120 valence electrons. The van der Waals surface area contributed by atoms with Gasteiger partial charge in [-0.25, -0.2) is 9.59 Å². The molecule has 0 rings (SSSR count). The van der Waals surface area contributed by atoms with Crippen molar-refractivity contribution in [3.05, 3.63) is 24.5 Å². The summed E-state index contributed by atoms with van der Waals surface area (Å²) in [5, 5.41) is 2.45. The number of amides is 1. The Kier molecular flexibility index (Phi) is 10.6. The molecule has 7 heteroatoms.